The van der Waals surface area contributed by atoms with Crippen molar-refractivity contribution < 1.29 is 9.84 Å². The monoisotopic (exact) mass is 320 g/mol. The lowest BCUT2D eigenvalue weighted by atomic mass is 10.1. The first-order chi connectivity index (χ1) is 9.22. The van der Waals surface area contributed by atoms with Crippen LogP contribution in [0.5, 0.6) is 11.5 Å². The summed E-state index contributed by atoms with van der Waals surface area (Å²) >= 11 is 3.41. The summed E-state index contributed by atoms with van der Waals surface area (Å²) in [5, 5.41) is 9.31. The fourth-order valence-electron chi connectivity index (χ4n) is 1.89. The second-order valence-electron chi connectivity index (χ2n) is 4.41. The van der Waals surface area contributed by atoms with E-state index in [1.54, 1.807) is 0 Å². The van der Waals surface area contributed by atoms with Gasteiger partial charge in [0.15, 0.2) is 0 Å². The Kier molecular flexibility index (Phi) is 5.00. The SMILES string of the molecule is CCCc1ccc(Oc2cc(Br)ccc2CO)cc1. The van der Waals surface area contributed by atoms with Crippen LogP contribution in [0.3, 0.4) is 0 Å². The molecule has 0 amide bonds. The smallest absolute Gasteiger partial charge is 0.134 e. The van der Waals surface area contributed by atoms with E-state index in [4.69, 9.17) is 4.74 Å². The first-order valence-electron chi connectivity index (χ1n) is 6.39. The molecule has 0 saturated carbocycles. The lowest BCUT2D eigenvalue weighted by Gasteiger charge is -2.10. The molecule has 0 fully saturated rings. The molecule has 0 aliphatic carbocycles. The van der Waals surface area contributed by atoms with Crippen molar-refractivity contribution in [1.82, 2.24) is 0 Å². The van der Waals surface area contributed by atoms with E-state index in [0.717, 1.165) is 28.6 Å². The topological polar surface area (TPSA) is 29.5 Å². The molecular weight excluding hydrogens is 304 g/mol. The predicted molar refractivity (Wildman–Crippen MR) is 80.6 cm³/mol. The van der Waals surface area contributed by atoms with Gasteiger partial charge in [-0.25, -0.2) is 0 Å². The molecule has 1 N–H and O–H groups in total. The van der Waals surface area contributed by atoms with E-state index in [2.05, 4.69) is 35.0 Å². The van der Waals surface area contributed by atoms with E-state index in [0.29, 0.717) is 5.75 Å². The second kappa shape index (κ2) is 6.73. The Labute approximate surface area is 122 Å². The molecule has 2 rings (SSSR count). The molecule has 0 bridgehead atoms. The van der Waals surface area contributed by atoms with E-state index in [1.807, 2.05) is 30.3 Å². The maximum absolute atomic E-state index is 9.31. The molecule has 0 aliphatic rings. The molecule has 0 radical (unpaired) electrons. The standard InChI is InChI=1S/C16H17BrO2/c1-2-3-12-4-8-15(9-5-12)19-16-10-14(17)7-6-13(16)11-18/h4-10,18H,2-3,11H2,1H3. The van der Waals surface area contributed by atoms with Crippen LogP contribution in [0.2, 0.25) is 0 Å². The average molecular weight is 321 g/mol. The molecule has 0 aliphatic heterocycles. The van der Waals surface area contributed by atoms with E-state index in [-0.39, 0.29) is 6.61 Å². The van der Waals surface area contributed by atoms with E-state index >= 15 is 0 Å². The third kappa shape index (κ3) is 3.82. The first-order valence-corrected chi connectivity index (χ1v) is 7.18. The van der Waals surface area contributed by atoms with Crippen LogP contribution >= 0.6 is 15.9 Å². The van der Waals surface area contributed by atoms with Crippen molar-refractivity contribution in [1.29, 1.82) is 0 Å². The van der Waals surface area contributed by atoms with Gasteiger partial charge in [-0.1, -0.05) is 47.5 Å². The maximum Gasteiger partial charge on any atom is 0.134 e. The molecule has 0 spiro atoms. The van der Waals surface area contributed by atoms with Crippen LogP contribution in [0.25, 0.3) is 0 Å². The Morgan fingerprint density at radius 2 is 1.84 bits per heavy atom. The Balaban J connectivity index is 2.18. The Morgan fingerprint density at radius 1 is 1.11 bits per heavy atom. The maximum atomic E-state index is 9.31. The highest BCUT2D eigenvalue weighted by Crippen LogP contribution is 2.29. The minimum absolute atomic E-state index is 0.0312. The molecule has 0 unspecified atom stereocenters. The molecule has 2 nitrogen and oxygen atoms in total. The van der Waals surface area contributed by atoms with Crippen LogP contribution in [0.1, 0.15) is 24.5 Å². The third-order valence-corrected chi connectivity index (χ3v) is 3.38. The summed E-state index contributed by atoms with van der Waals surface area (Å²) in [6.07, 6.45) is 2.22. The Bertz CT molecular complexity index is 535. The van der Waals surface area contributed by atoms with Gasteiger partial charge >= 0.3 is 0 Å². The summed E-state index contributed by atoms with van der Waals surface area (Å²) in [4.78, 5) is 0. The fourth-order valence-corrected chi connectivity index (χ4v) is 2.23. The summed E-state index contributed by atoms with van der Waals surface area (Å²) in [7, 11) is 0. The fraction of sp³-hybridized carbons (Fsp3) is 0.250. The summed E-state index contributed by atoms with van der Waals surface area (Å²) in [5.74, 6) is 1.47. The van der Waals surface area contributed by atoms with Gasteiger partial charge in [0.1, 0.15) is 11.5 Å². The number of rotatable bonds is 5. The van der Waals surface area contributed by atoms with Crippen molar-refractivity contribution in [3.8, 4) is 11.5 Å². The highest BCUT2D eigenvalue weighted by Gasteiger charge is 2.05. The Morgan fingerprint density at radius 3 is 2.47 bits per heavy atom. The van der Waals surface area contributed by atoms with Crippen molar-refractivity contribution in [3.05, 3.63) is 58.1 Å². The number of aliphatic hydroxyl groups excluding tert-OH is 1. The summed E-state index contributed by atoms with van der Waals surface area (Å²) < 4.78 is 6.76. The molecule has 3 heteroatoms. The lowest BCUT2D eigenvalue weighted by Crippen LogP contribution is -1.92. The van der Waals surface area contributed by atoms with Gasteiger partial charge in [-0.05, 0) is 36.2 Å². The van der Waals surface area contributed by atoms with Gasteiger partial charge in [-0.3, -0.25) is 0 Å². The summed E-state index contributed by atoms with van der Waals surface area (Å²) in [6.45, 7) is 2.13. The van der Waals surface area contributed by atoms with Gasteiger partial charge < -0.3 is 9.84 Å². The highest BCUT2D eigenvalue weighted by molar-refractivity contribution is 9.10. The second-order valence-corrected chi connectivity index (χ2v) is 5.32. The normalized spacial score (nSPS) is 10.5. The largest absolute Gasteiger partial charge is 0.457 e. The minimum Gasteiger partial charge on any atom is -0.457 e. The van der Waals surface area contributed by atoms with Crippen molar-refractivity contribution in [2.45, 2.75) is 26.4 Å². The lowest BCUT2D eigenvalue weighted by molar-refractivity contribution is 0.276. The van der Waals surface area contributed by atoms with Crippen LogP contribution < -0.4 is 4.74 Å². The van der Waals surface area contributed by atoms with Gasteiger partial charge in [0.05, 0.1) is 6.61 Å². The van der Waals surface area contributed by atoms with Crippen molar-refractivity contribution in [2.24, 2.45) is 0 Å². The van der Waals surface area contributed by atoms with E-state index < -0.39 is 0 Å². The van der Waals surface area contributed by atoms with Crippen LogP contribution in [0, 0.1) is 0 Å². The number of benzene rings is 2. The average Bonchev–Trinajstić information content (AvgIpc) is 2.42. The first kappa shape index (κ1) is 14.1. The number of halogens is 1. The molecule has 19 heavy (non-hydrogen) atoms. The molecule has 0 atom stereocenters. The predicted octanol–water partition coefficient (Wildman–Crippen LogP) is 4.69. The highest BCUT2D eigenvalue weighted by atomic mass is 79.9. The van der Waals surface area contributed by atoms with Crippen molar-refractivity contribution >= 4 is 15.9 Å². The number of aliphatic hydroxyl groups is 1. The molecular formula is C16H17BrO2. The molecule has 2 aromatic carbocycles. The van der Waals surface area contributed by atoms with Gasteiger partial charge in [-0.15, -0.1) is 0 Å². The van der Waals surface area contributed by atoms with Crippen LogP contribution in [0.4, 0.5) is 0 Å². The number of hydrogen-bond acceptors (Lipinski definition) is 2. The van der Waals surface area contributed by atoms with E-state index in [9.17, 15) is 5.11 Å². The summed E-state index contributed by atoms with van der Waals surface area (Å²) in [6, 6.07) is 13.7. The van der Waals surface area contributed by atoms with Gasteiger partial charge in [0.25, 0.3) is 0 Å². The molecule has 0 heterocycles. The van der Waals surface area contributed by atoms with Gasteiger partial charge in [0.2, 0.25) is 0 Å². The van der Waals surface area contributed by atoms with Crippen LogP contribution in [-0.4, -0.2) is 5.11 Å². The number of aryl methyl sites for hydroxylation is 1. The van der Waals surface area contributed by atoms with Crippen LogP contribution in [0.15, 0.2) is 46.9 Å². The van der Waals surface area contributed by atoms with Crippen LogP contribution in [-0.2, 0) is 13.0 Å². The summed E-state index contributed by atoms with van der Waals surface area (Å²) in [5.41, 5.74) is 2.09. The van der Waals surface area contributed by atoms with E-state index in [1.165, 1.54) is 5.56 Å². The molecule has 100 valence electrons. The molecule has 0 saturated heterocycles. The van der Waals surface area contributed by atoms with Crippen molar-refractivity contribution in [3.63, 3.8) is 0 Å². The third-order valence-electron chi connectivity index (χ3n) is 2.89. The Hall–Kier alpha value is -1.32. The molecule has 2 aromatic rings. The zero-order chi connectivity index (χ0) is 13.7. The van der Waals surface area contributed by atoms with Crippen molar-refractivity contribution in [2.75, 3.05) is 0 Å². The van der Waals surface area contributed by atoms with Gasteiger partial charge in [-0.2, -0.15) is 0 Å². The number of ether oxygens (including phenoxy) is 1. The zero-order valence-corrected chi connectivity index (χ0v) is 12.5. The zero-order valence-electron chi connectivity index (χ0n) is 10.9. The minimum atomic E-state index is -0.0312. The quantitative estimate of drug-likeness (QED) is 0.866. The van der Waals surface area contributed by atoms with Gasteiger partial charge in [0, 0.05) is 10.0 Å². The molecule has 0 aromatic heterocycles. The number of hydrogen-bond donors (Lipinski definition) is 1.